The second-order valence-corrected chi connectivity index (χ2v) is 8.90. The van der Waals surface area contributed by atoms with E-state index in [0.717, 1.165) is 43.1 Å². The van der Waals surface area contributed by atoms with Crippen LogP contribution < -0.4 is 0 Å². The van der Waals surface area contributed by atoms with Gasteiger partial charge in [0.2, 0.25) is 0 Å². The average Bonchev–Trinajstić information content (AvgIpc) is 3.45. The van der Waals surface area contributed by atoms with Crippen LogP contribution in [0.1, 0.15) is 12.0 Å². The van der Waals surface area contributed by atoms with E-state index in [-0.39, 0.29) is 5.82 Å². The second-order valence-electron chi connectivity index (χ2n) is 8.90. The molecule has 0 spiro atoms. The topological polar surface area (TPSA) is 90.3 Å². The van der Waals surface area contributed by atoms with Crippen molar-refractivity contribution in [3.8, 4) is 0 Å². The molecule has 1 aromatic carbocycles. The molecule has 3 atom stereocenters. The van der Waals surface area contributed by atoms with Gasteiger partial charge >= 0.3 is 24.3 Å². The van der Waals surface area contributed by atoms with Gasteiger partial charge in [0.05, 0.1) is 6.61 Å². The maximum absolute atomic E-state index is 13.3. The van der Waals surface area contributed by atoms with Crippen molar-refractivity contribution < 1.29 is 55.3 Å². The molecule has 36 heavy (non-hydrogen) atoms. The predicted molar refractivity (Wildman–Crippen MR) is 111 cm³/mol. The fourth-order valence-electron chi connectivity index (χ4n) is 4.45. The number of likely N-dealkylation sites (tertiary alicyclic amines) is 2. The van der Waals surface area contributed by atoms with Crippen LogP contribution in [-0.4, -0.2) is 90.2 Å². The van der Waals surface area contributed by atoms with Crippen molar-refractivity contribution in [1.29, 1.82) is 0 Å². The number of ether oxygens (including phenoxy) is 1. The molecule has 2 N–H and O–H groups in total. The van der Waals surface area contributed by atoms with Crippen LogP contribution in [0, 0.1) is 23.6 Å². The molecule has 7 nitrogen and oxygen atoms in total. The van der Waals surface area contributed by atoms with E-state index in [9.17, 15) is 30.7 Å². The molecule has 3 aliphatic heterocycles. The zero-order valence-electron chi connectivity index (χ0n) is 19.1. The summed E-state index contributed by atoms with van der Waals surface area (Å²) in [5, 5.41) is 14.2. The summed E-state index contributed by atoms with van der Waals surface area (Å²) in [7, 11) is 0. The Morgan fingerprint density at radius 1 is 0.917 bits per heavy atom. The molecule has 14 heteroatoms. The number of halogens is 7. The minimum atomic E-state index is -5.08. The van der Waals surface area contributed by atoms with Gasteiger partial charge < -0.3 is 19.8 Å². The lowest BCUT2D eigenvalue weighted by Crippen LogP contribution is -2.32. The quantitative estimate of drug-likeness (QED) is 0.574. The summed E-state index contributed by atoms with van der Waals surface area (Å²) in [6.45, 7) is 8.82. The molecule has 3 heterocycles. The zero-order chi connectivity index (χ0) is 27.1. The van der Waals surface area contributed by atoms with E-state index in [1.165, 1.54) is 45.2 Å². The van der Waals surface area contributed by atoms with Gasteiger partial charge in [-0.15, -0.1) is 0 Å². The summed E-state index contributed by atoms with van der Waals surface area (Å²) in [4.78, 5) is 22.9. The maximum atomic E-state index is 13.3. The summed E-state index contributed by atoms with van der Waals surface area (Å²) in [6, 6.07) is 7.03. The van der Waals surface area contributed by atoms with Gasteiger partial charge in [-0.05, 0) is 41.9 Å². The molecule has 0 saturated carbocycles. The Labute approximate surface area is 202 Å². The van der Waals surface area contributed by atoms with Crippen molar-refractivity contribution in [3.05, 3.63) is 35.6 Å². The van der Waals surface area contributed by atoms with Gasteiger partial charge in [-0.3, -0.25) is 4.90 Å². The molecule has 0 bridgehead atoms. The molecule has 4 rings (SSSR count). The average molecular weight is 532 g/mol. The van der Waals surface area contributed by atoms with Crippen molar-refractivity contribution in [3.63, 3.8) is 0 Å². The smallest absolute Gasteiger partial charge is 0.475 e. The van der Waals surface area contributed by atoms with Crippen LogP contribution in [0.3, 0.4) is 0 Å². The monoisotopic (exact) mass is 532 g/mol. The minimum Gasteiger partial charge on any atom is -0.475 e. The number of alkyl halides is 6. The van der Waals surface area contributed by atoms with E-state index in [0.29, 0.717) is 0 Å². The number of hydrogen-bond acceptors (Lipinski definition) is 5. The fraction of sp³-hybridized carbons (Fsp3) is 0.636. The number of carboxylic acids is 2. The van der Waals surface area contributed by atoms with Crippen LogP contribution in [0.15, 0.2) is 24.3 Å². The SMILES string of the molecule is Fc1cccc(CN2C[C@@H]3CN(CC4CCOC4)C[C@@H]3C2)c1.O=C(O)C(F)(F)F.O=C(O)C(F)(F)F. The van der Waals surface area contributed by atoms with Crippen LogP contribution in [0.2, 0.25) is 0 Å². The van der Waals surface area contributed by atoms with Gasteiger partial charge in [-0.2, -0.15) is 26.3 Å². The molecule has 3 fully saturated rings. The summed E-state index contributed by atoms with van der Waals surface area (Å²) < 4.78 is 82.2. The van der Waals surface area contributed by atoms with Gasteiger partial charge in [0, 0.05) is 45.9 Å². The van der Waals surface area contributed by atoms with Gasteiger partial charge in [0.1, 0.15) is 5.82 Å². The van der Waals surface area contributed by atoms with Crippen molar-refractivity contribution >= 4 is 11.9 Å². The third kappa shape index (κ3) is 9.90. The summed E-state index contributed by atoms with van der Waals surface area (Å²) in [5.74, 6) is -3.28. The number of rotatable bonds is 4. The van der Waals surface area contributed by atoms with E-state index in [2.05, 4.69) is 9.80 Å². The molecule has 0 radical (unpaired) electrons. The van der Waals surface area contributed by atoms with Crippen LogP contribution in [0.25, 0.3) is 0 Å². The Balaban J connectivity index is 0.000000271. The van der Waals surface area contributed by atoms with E-state index in [1.54, 1.807) is 6.07 Å². The molecule has 1 unspecified atom stereocenters. The largest absolute Gasteiger partial charge is 0.490 e. The standard InChI is InChI=1S/C18H25FN2O.2C2HF3O2/c19-18-3-1-2-14(6-18)7-20-9-16-11-21(12-17(16)10-20)8-15-4-5-22-13-15;2*3-2(4,5)1(6)7/h1-3,6,15-17H,4-5,7-13H2;2*(H,6,7)/t15?,16-,17+;;. The van der Waals surface area contributed by atoms with Crippen molar-refractivity contribution in [2.75, 3.05) is 45.9 Å². The minimum absolute atomic E-state index is 0.123. The lowest BCUT2D eigenvalue weighted by Gasteiger charge is -2.23. The fourth-order valence-corrected chi connectivity index (χ4v) is 4.45. The highest BCUT2D eigenvalue weighted by molar-refractivity contribution is 5.73. The van der Waals surface area contributed by atoms with E-state index < -0.39 is 24.3 Å². The molecule has 204 valence electrons. The number of carbonyl (C=O) groups is 2. The highest BCUT2D eigenvalue weighted by Crippen LogP contribution is 2.33. The van der Waals surface area contributed by atoms with E-state index >= 15 is 0 Å². The van der Waals surface area contributed by atoms with Crippen molar-refractivity contribution in [1.82, 2.24) is 9.80 Å². The first kappa shape index (κ1) is 29.8. The molecule has 0 aliphatic carbocycles. The number of benzene rings is 1. The number of hydrogen-bond donors (Lipinski definition) is 2. The van der Waals surface area contributed by atoms with Crippen molar-refractivity contribution in [2.45, 2.75) is 25.3 Å². The third-order valence-corrected chi connectivity index (χ3v) is 5.96. The van der Waals surface area contributed by atoms with Crippen LogP contribution >= 0.6 is 0 Å². The number of carboxylic acid groups (broad SMARTS) is 2. The number of nitrogens with zero attached hydrogens (tertiary/aromatic N) is 2. The first-order chi connectivity index (χ1) is 16.6. The molecule has 3 aliphatic rings. The Morgan fingerprint density at radius 3 is 1.83 bits per heavy atom. The Bertz CT molecular complexity index is 837. The normalized spacial score (nSPS) is 24.4. The molecule has 0 amide bonds. The lowest BCUT2D eigenvalue weighted by molar-refractivity contribution is -0.193. The number of fused-ring (bicyclic) bond motifs is 1. The van der Waals surface area contributed by atoms with Crippen molar-refractivity contribution in [2.24, 2.45) is 17.8 Å². The molecular weight excluding hydrogens is 505 g/mol. The molecule has 3 saturated heterocycles. The molecule has 0 aromatic heterocycles. The van der Waals surface area contributed by atoms with Gasteiger partial charge in [0.15, 0.2) is 0 Å². The maximum Gasteiger partial charge on any atom is 0.490 e. The van der Waals surface area contributed by atoms with Crippen LogP contribution in [-0.2, 0) is 20.9 Å². The summed E-state index contributed by atoms with van der Waals surface area (Å²) in [6.07, 6.45) is -8.93. The second kappa shape index (κ2) is 12.7. The highest BCUT2D eigenvalue weighted by atomic mass is 19.4. The van der Waals surface area contributed by atoms with Gasteiger partial charge in [-0.25, -0.2) is 14.0 Å². The van der Waals surface area contributed by atoms with Crippen LogP contribution in [0.4, 0.5) is 30.7 Å². The first-order valence-corrected chi connectivity index (χ1v) is 11.0. The molecular formula is C22H27F7N2O5. The van der Waals surface area contributed by atoms with E-state index in [1.807, 2.05) is 12.1 Å². The molecule has 1 aromatic rings. The Hall–Kier alpha value is -2.45. The lowest BCUT2D eigenvalue weighted by atomic mass is 10.0. The predicted octanol–water partition coefficient (Wildman–Crippen LogP) is 3.49. The Morgan fingerprint density at radius 2 is 1.42 bits per heavy atom. The third-order valence-electron chi connectivity index (χ3n) is 5.96. The summed E-state index contributed by atoms with van der Waals surface area (Å²) >= 11 is 0. The van der Waals surface area contributed by atoms with E-state index in [4.69, 9.17) is 24.5 Å². The van der Waals surface area contributed by atoms with Gasteiger partial charge in [-0.1, -0.05) is 12.1 Å². The van der Waals surface area contributed by atoms with Gasteiger partial charge in [0.25, 0.3) is 0 Å². The zero-order valence-corrected chi connectivity index (χ0v) is 19.1. The van der Waals surface area contributed by atoms with Crippen LogP contribution in [0.5, 0.6) is 0 Å². The summed E-state index contributed by atoms with van der Waals surface area (Å²) in [5.41, 5.74) is 1.10. The Kier molecular flexibility index (Phi) is 10.5. The highest BCUT2D eigenvalue weighted by Gasteiger charge is 2.41. The first-order valence-electron chi connectivity index (χ1n) is 11.0. The number of aliphatic carboxylic acids is 2.